The van der Waals surface area contributed by atoms with Gasteiger partial charge in [-0.15, -0.1) is 0 Å². The molecule has 0 spiro atoms. The van der Waals surface area contributed by atoms with Gasteiger partial charge in [-0.1, -0.05) is 22.0 Å². The van der Waals surface area contributed by atoms with Gasteiger partial charge in [-0.05, 0) is 41.9 Å². The molecule has 3 rings (SSSR count). The molecule has 0 saturated heterocycles. The number of hydrogen-bond donors (Lipinski definition) is 0. The van der Waals surface area contributed by atoms with Gasteiger partial charge < -0.3 is 0 Å². The summed E-state index contributed by atoms with van der Waals surface area (Å²) in [6.45, 7) is 0. The van der Waals surface area contributed by atoms with Crippen LogP contribution in [0, 0.1) is 17.1 Å². The Balaban J connectivity index is 2.31. The van der Waals surface area contributed by atoms with Crippen LogP contribution in [0.15, 0.2) is 40.9 Å². The molecule has 0 N–H and O–H groups in total. The van der Waals surface area contributed by atoms with E-state index < -0.39 is 5.82 Å². The molecular weight excluding hydrogens is 357 g/mol. The SMILES string of the molecule is N#Cc1ccc(-c2nc(Cl)nc3ccc(Br)cc23)cc1F. The molecule has 3 nitrogen and oxygen atoms in total. The van der Waals surface area contributed by atoms with E-state index in [9.17, 15) is 4.39 Å². The van der Waals surface area contributed by atoms with E-state index >= 15 is 0 Å². The monoisotopic (exact) mass is 361 g/mol. The number of nitrogens with zero attached hydrogens (tertiary/aromatic N) is 3. The third-order valence-electron chi connectivity index (χ3n) is 2.99. The highest BCUT2D eigenvalue weighted by molar-refractivity contribution is 9.10. The zero-order valence-corrected chi connectivity index (χ0v) is 12.8. The molecule has 0 aliphatic rings. The van der Waals surface area contributed by atoms with Gasteiger partial charge >= 0.3 is 0 Å². The Morgan fingerprint density at radius 1 is 1.14 bits per heavy atom. The summed E-state index contributed by atoms with van der Waals surface area (Å²) < 4.78 is 14.7. The molecule has 0 saturated carbocycles. The van der Waals surface area contributed by atoms with Gasteiger partial charge in [0.2, 0.25) is 5.28 Å². The van der Waals surface area contributed by atoms with Crippen molar-refractivity contribution in [2.45, 2.75) is 0 Å². The fourth-order valence-electron chi connectivity index (χ4n) is 2.05. The van der Waals surface area contributed by atoms with Crippen molar-refractivity contribution in [3.63, 3.8) is 0 Å². The van der Waals surface area contributed by atoms with Gasteiger partial charge in [-0.3, -0.25) is 0 Å². The average molecular weight is 363 g/mol. The minimum atomic E-state index is -0.590. The molecule has 1 heterocycles. The van der Waals surface area contributed by atoms with E-state index in [0.29, 0.717) is 16.8 Å². The maximum atomic E-state index is 13.8. The molecule has 0 fully saturated rings. The molecule has 0 aliphatic heterocycles. The van der Waals surface area contributed by atoms with Crippen molar-refractivity contribution in [2.24, 2.45) is 0 Å². The lowest BCUT2D eigenvalue weighted by Gasteiger charge is -2.07. The third-order valence-corrected chi connectivity index (χ3v) is 3.66. The summed E-state index contributed by atoms with van der Waals surface area (Å²) in [5, 5.41) is 9.62. The first-order chi connectivity index (χ1) is 10.1. The van der Waals surface area contributed by atoms with Crippen molar-refractivity contribution in [3.8, 4) is 17.3 Å². The number of nitriles is 1. The minimum absolute atomic E-state index is 0.00982. The Labute approximate surface area is 133 Å². The van der Waals surface area contributed by atoms with Crippen LogP contribution in [0.2, 0.25) is 5.28 Å². The molecule has 0 amide bonds. The van der Waals surface area contributed by atoms with Crippen LogP contribution in [-0.2, 0) is 0 Å². The molecule has 0 unspecified atom stereocenters. The lowest BCUT2D eigenvalue weighted by molar-refractivity contribution is 0.624. The largest absolute Gasteiger partial charge is 0.223 e. The zero-order valence-electron chi connectivity index (χ0n) is 10.4. The van der Waals surface area contributed by atoms with E-state index in [0.717, 1.165) is 9.86 Å². The first-order valence-electron chi connectivity index (χ1n) is 5.91. The summed E-state index contributed by atoms with van der Waals surface area (Å²) in [5.41, 5.74) is 1.72. The van der Waals surface area contributed by atoms with Gasteiger partial charge in [0, 0.05) is 15.4 Å². The summed E-state index contributed by atoms with van der Waals surface area (Å²) in [7, 11) is 0. The van der Waals surface area contributed by atoms with Crippen LogP contribution >= 0.6 is 27.5 Å². The number of aromatic nitrogens is 2. The molecule has 2 aromatic carbocycles. The Kier molecular flexibility index (Phi) is 3.58. The molecule has 0 radical (unpaired) electrons. The Morgan fingerprint density at radius 2 is 1.95 bits per heavy atom. The molecular formula is C15H6BrClFN3. The number of fused-ring (bicyclic) bond motifs is 1. The van der Waals surface area contributed by atoms with Crippen molar-refractivity contribution in [1.29, 1.82) is 5.26 Å². The first kappa shape index (κ1) is 13.9. The van der Waals surface area contributed by atoms with Crippen molar-refractivity contribution >= 4 is 38.4 Å². The fraction of sp³-hybridized carbons (Fsp3) is 0. The standard InChI is InChI=1S/C15H6BrClFN3/c16-10-3-4-13-11(6-10)14(21-15(17)20-13)8-1-2-9(7-19)12(18)5-8/h1-6H. The number of benzene rings is 2. The van der Waals surface area contributed by atoms with Gasteiger partial charge in [-0.2, -0.15) is 5.26 Å². The Bertz CT molecular complexity index is 905. The van der Waals surface area contributed by atoms with E-state index in [4.69, 9.17) is 16.9 Å². The lowest BCUT2D eigenvalue weighted by atomic mass is 10.0. The molecule has 0 aliphatic carbocycles. The Morgan fingerprint density at radius 3 is 2.67 bits per heavy atom. The van der Waals surface area contributed by atoms with Crippen molar-refractivity contribution in [1.82, 2.24) is 9.97 Å². The van der Waals surface area contributed by atoms with Crippen molar-refractivity contribution in [2.75, 3.05) is 0 Å². The van der Waals surface area contributed by atoms with Gasteiger partial charge in [0.15, 0.2) is 0 Å². The normalized spacial score (nSPS) is 10.6. The van der Waals surface area contributed by atoms with Gasteiger partial charge in [0.1, 0.15) is 11.9 Å². The molecule has 3 aromatic rings. The van der Waals surface area contributed by atoms with Crippen LogP contribution in [0.5, 0.6) is 0 Å². The van der Waals surface area contributed by atoms with Gasteiger partial charge in [0.25, 0.3) is 0 Å². The van der Waals surface area contributed by atoms with E-state index in [-0.39, 0.29) is 10.8 Å². The summed E-state index contributed by atoms with van der Waals surface area (Å²) in [6.07, 6.45) is 0. The number of halogens is 3. The quantitative estimate of drug-likeness (QED) is 0.588. The number of rotatable bonds is 1. The van der Waals surface area contributed by atoms with Crippen LogP contribution < -0.4 is 0 Å². The number of hydrogen-bond acceptors (Lipinski definition) is 3. The summed E-state index contributed by atoms with van der Waals surface area (Å²) in [4.78, 5) is 8.34. The van der Waals surface area contributed by atoms with Crippen LogP contribution in [0.25, 0.3) is 22.2 Å². The molecule has 102 valence electrons. The maximum absolute atomic E-state index is 13.8. The maximum Gasteiger partial charge on any atom is 0.223 e. The lowest BCUT2D eigenvalue weighted by Crippen LogP contribution is -1.93. The van der Waals surface area contributed by atoms with E-state index in [1.165, 1.54) is 12.1 Å². The van der Waals surface area contributed by atoms with E-state index in [2.05, 4.69) is 25.9 Å². The van der Waals surface area contributed by atoms with Crippen LogP contribution in [0.3, 0.4) is 0 Å². The minimum Gasteiger partial charge on any atom is -0.218 e. The summed E-state index contributed by atoms with van der Waals surface area (Å²) in [6, 6.07) is 11.6. The smallest absolute Gasteiger partial charge is 0.218 e. The van der Waals surface area contributed by atoms with E-state index in [1.54, 1.807) is 18.2 Å². The predicted molar refractivity (Wildman–Crippen MR) is 82.4 cm³/mol. The molecule has 0 atom stereocenters. The highest BCUT2D eigenvalue weighted by Crippen LogP contribution is 2.30. The van der Waals surface area contributed by atoms with E-state index in [1.807, 2.05) is 12.1 Å². The average Bonchev–Trinajstić information content (AvgIpc) is 2.47. The zero-order chi connectivity index (χ0) is 15.0. The van der Waals surface area contributed by atoms with Crippen LogP contribution in [-0.4, -0.2) is 9.97 Å². The Hall–Kier alpha value is -2.03. The highest BCUT2D eigenvalue weighted by atomic mass is 79.9. The summed E-state index contributed by atoms with van der Waals surface area (Å²) >= 11 is 9.32. The second kappa shape index (κ2) is 5.40. The van der Waals surface area contributed by atoms with Crippen LogP contribution in [0.1, 0.15) is 5.56 Å². The fourth-order valence-corrected chi connectivity index (χ4v) is 2.58. The van der Waals surface area contributed by atoms with Crippen molar-refractivity contribution in [3.05, 3.63) is 57.5 Å². The summed E-state index contributed by atoms with van der Waals surface area (Å²) in [5.74, 6) is -0.590. The highest BCUT2D eigenvalue weighted by Gasteiger charge is 2.12. The van der Waals surface area contributed by atoms with Gasteiger partial charge in [0.05, 0.1) is 16.8 Å². The molecule has 21 heavy (non-hydrogen) atoms. The molecule has 6 heteroatoms. The second-order valence-electron chi connectivity index (χ2n) is 4.31. The third kappa shape index (κ3) is 2.60. The first-order valence-corrected chi connectivity index (χ1v) is 7.08. The van der Waals surface area contributed by atoms with Crippen molar-refractivity contribution < 1.29 is 4.39 Å². The molecule has 0 bridgehead atoms. The topological polar surface area (TPSA) is 49.6 Å². The predicted octanol–water partition coefficient (Wildman–Crippen LogP) is 4.72. The van der Waals surface area contributed by atoms with Gasteiger partial charge in [-0.25, -0.2) is 14.4 Å². The van der Waals surface area contributed by atoms with Crippen LogP contribution in [0.4, 0.5) is 4.39 Å². The molecule has 1 aromatic heterocycles. The second-order valence-corrected chi connectivity index (χ2v) is 5.56.